The van der Waals surface area contributed by atoms with Crippen molar-refractivity contribution in [3.05, 3.63) is 28.8 Å². The summed E-state index contributed by atoms with van der Waals surface area (Å²) in [6, 6.07) is 1.18. The summed E-state index contributed by atoms with van der Waals surface area (Å²) in [5, 5.41) is 9.77. The SMILES string of the molecule is OC1(c2c(F)cc3c(c2F)CCO3)CC1. The zero-order valence-corrected chi connectivity index (χ0v) is 8.02. The summed E-state index contributed by atoms with van der Waals surface area (Å²) in [6.07, 6.45) is 1.31. The zero-order chi connectivity index (χ0) is 10.6. The molecule has 0 amide bonds. The third-order valence-corrected chi connectivity index (χ3v) is 3.08. The average molecular weight is 212 g/mol. The number of aliphatic hydroxyl groups is 1. The van der Waals surface area contributed by atoms with E-state index in [4.69, 9.17) is 4.74 Å². The molecule has 1 aromatic rings. The molecule has 1 saturated carbocycles. The Bertz CT molecular complexity index is 439. The topological polar surface area (TPSA) is 29.5 Å². The maximum Gasteiger partial charge on any atom is 0.139 e. The van der Waals surface area contributed by atoms with Crippen LogP contribution in [0.15, 0.2) is 6.07 Å². The number of benzene rings is 1. The van der Waals surface area contributed by atoms with Crippen LogP contribution in [0.1, 0.15) is 24.0 Å². The molecule has 1 fully saturated rings. The summed E-state index contributed by atoms with van der Waals surface area (Å²) < 4.78 is 32.5. The third kappa shape index (κ3) is 1.17. The molecule has 0 saturated heterocycles. The van der Waals surface area contributed by atoms with Crippen LogP contribution >= 0.6 is 0 Å². The minimum atomic E-state index is -1.27. The van der Waals surface area contributed by atoms with Gasteiger partial charge in [0.1, 0.15) is 17.4 Å². The normalized spacial score (nSPS) is 21.0. The van der Waals surface area contributed by atoms with E-state index in [0.717, 1.165) is 0 Å². The van der Waals surface area contributed by atoms with Crippen molar-refractivity contribution in [1.29, 1.82) is 0 Å². The van der Waals surface area contributed by atoms with Gasteiger partial charge in [0.15, 0.2) is 0 Å². The quantitative estimate of drug-likeness (QED) is 0.770. The molecule has 2 aliphatic rings. The second kappa shape index (κ2) is 2.70. The van der Waals surface area contributed by atoms with E-state index >= 15 is 0 Å². The Kier molecular flexibility index (Phi) is 1.63. The molecule has 1 aliphatic carbocycles. The van der Waals surface area contributed by atoms with Gasteiger partial charge in [0, 0.05) is 18.1 Å². The summed E-state index contributed by atoms with van der Waals surface area (Å²) in [5.41, 5.74) is -1.05. The fourth-order valence-corrected chi connectivity index (χ4v) is 2.06. The Labute approximate surface area is 85.5 Å². The van der Waals surface area contributed by atoms with Crippen molar-refractivity contribution >= 4 is 0 Å². The Morgan fingerprint density at radius 2 is 2.07 bits per heavy atom. The smallest absolute Gasteiger partial charge is 0.139 e. The van der Waals surface area contributed by atoms with Crippen molar-refractivity contribution in [2.75, 3.05) is 6.61 Å². The largest absolute Gasteiger partial charge is 0.493 e. The lowest BCUT2D eigenvalue weighted by molar-refractivity contribution is 0.141. The predicted octanol–water partition coefficient (Wildman–Crippen LogP) is 1.88. The standard InChI is InChI=1S/C11H10F2O2/c12-7-5-8-6(1-4-15-8)10(13)9(7)11(14)2-3-11/h5,14H,1-4H2. The lowest BCUT2D eigenvalue weighted by Crippen LogP contribution is -2.12. The summed E-state index contributed by atoms with van der Waals surface area (Å²) in [6.45, 7) is 0.383. The number of hydrogen-bond acceptors (Lipinski definition) is 2. The highest BCUT2D eigenvalue weighted by molar-refractivity contribution is 5.45. The van der Waals surface area contributed by atoms with Gasteiger partial charge in [-0.25, -0.2) is 8.78 Å². The van der Waals surface area contributed by atoms with Gasteiger partial charge in [-0.2, -0.15) is 0 Å². The highest BCUT2D eigenvalue weighted by Gasteiger charge is 2.47. The molecule has 0 radical (unpaired) electrons. The summed E-state index contributed by atoms with van der Waals surface area (Å²) >= 11 is 0. The minimum Gasteiger partial charge on any atom is -0.493 e. The van der Waals surface area contributed by atoms with Crippen molar-refractivity contribution in [3.63, 3.8) is 0 Å². The molecule has 15 heavy (non-hydrogen) atoms. The Hall–Kier alpha value is -1.16. The molecule has 0 atom stereocenters. The second-order valence-electron chi connectivity index (χ2n) is 4.15. The van der Waals surface area contributed by atoms with Crippen molar-refractivity contribution in [2.24, 2.45) is 0 Å². The van der Waals surface area contributed by atoms with E-state index in [1.165, 1.54) is 6.07 Å². The maximum atomic E-state index is 13.9. The van der Waals surface area contributed by atoms with Gasteiger partial charge in [-0.05, 0) is 12.8 Å². The molecule has 3 rings (SSSR count). The van der Waals surface area contributed by atoms with Crippen LogP contribution in [-0.4, -0.2) is 11.7 Å². The Morgan fingerprint density at radius 3 is 2.73 bits per heavy atom. The third-order valence-electron chi connectivity index (χ3n) is 3.08. The van der Waals surface area contributed by atoms with Crippen molar-refractivity contribution in [3.8, 4) is 5.75 Å². The Balaban J connectivity index is 2.22. The van der Waals surface area contributed by atoms with Gasteiger partial charge in [0.2, 0.25) is 0 Å². The van der Waals surface area contributed by atoms with Crippen LogP contribution in [0.25, 0.3) is 0 Å². The van der Waals surface area contributed by atoms with E-state index in [1.54, 1.807) is 0 Å². The summed E-state index contributed by atoms with van der Waals surface area (Å²) in [5.74, 6) is -1.05. The van der Waals surface area contributed by atoms with Crippen LogP contribution in [0.3, 0.4) is 0 Å². The van der Waals surface area contributed by atoms with Gasteiger partial charge in [-0.15, -0.1) is 0 Å². The van der Waals surface area contributed by atoms with E-state index in [2.05, 4.69) is 0 Å². The number of ether oxygens (including phenoxy) is 1. The van der Waals surface area contributed by atoms with Gasteiger partial charge in [0.25, 0.3) is 0 Å². The molecule has 0 unspecified atom stereocenters. The molecule has 0 spiro atoms. The van der Waals surface area contributed by atoms with Crippen LogP contribution in [0.2, 0.25) is 0 Å². The van der Waals surface area contributed by atoms with Crippen molar-refractivity contribution < 1.29 is 18.6 Å². The van der Waals surface area contributed by atoms with Crippen LogP contribution in [0, 0.1) is 11.6 Å². The number of fused-ring (bicyclic) bond motifs is 1. The average Bonchev–Trinajstić information content (AvgIpc) is 2.75. The molecule has 1 aromatic carbocycles. The number of hydrogen-bond donors (Lipinski definition) is 1. The van der Waals surface area contributed by atoms with Gasteiger partial charge in [-0.1, -0.05) is 0 Å². The van der Waals surface area contributed by atoms with E-state index in [9.17, 15) is 13.9 Å². The van der Waals surface area contributed by atoms with Crippen molar-refractivity contribution in [1.82, 2.24) is 0 Å². The summed E-state index contributed by atoms with van der Waals surface area (Å²) in [4.78, 5) is 0. The monoisotopic (exact) mass is 212 g/mol. The molecule has 0 aromatic heterocycles. The van der Waals surface area contributed by atoms with Crippen LogP contribution in [0.5, 0.6) is 5.75 Å². The number of rotatable bonds is 1. The first kappa shape index (κ1) is 9.09. The molecule has 1 N–H and O–H groups in total. The Morgan fingerprint density at radius 1 is 1.33 bits per heavy atom. The van der Waals surface area contributed by atoms with Gasteiger partial charge in [-0.3, -0.25) is 0 Å². The van der Waals surface area contributed by atoms with Gasteiger partial charge in [0.05, 0.1) is 17.8 Å². The van der Waals surface area contributed by atoms with E-state index in [0.29, 0.717) is 31.4 Å². The first-order valence-corrected chi connectivity index (χ1v) is 4.98. The van der Waals surface area contributed by atoms with Crippen LogP contribution < -0.4 is 4.74 Å². The summed E-state index contributed by atoms with van der Waals surface area (Å²) in [7, 11) is 0. The lowest BCUT2D eigenvalue weighted by Gasteiger charge is -2.13. The molecule has 0 bridgehead atoms. The predicted molar refractivity (Wildman–Crippen MR) is 48.7 cm³/mol. The first-order valence-electron chi connectivity index (χ1n) is 4.98. The van der Waals surface area contributed by atoms with E-state index < -0.39 is 17.2 Å². The highest BCUT2D eigenvalue weighted by atomic mass is 19.1. The van der Waals surface area contributed by atoms with Crippen LogP contribution in [0.4, 0.5) is 8.78 Å². The molecular formula is C11H10F2O2. The zero-order valence-electron chi connectivity index (χ0n) is 8.02. The molecule has 80 valence electrons. The van der Waals surface area contributed by atoms with Crippen LogP contribution in [-0.2, 0) is 12.0 Å². The van der Waals surface area contributed by atoms with Gasteiger partial charge < -0.3 is 9.84 Å². The van der Waals surface area contributed by atoms with E-state index in [1.807, 2.05) is 0 Å². The molecule has 2 nitrogen and oxygen atoms in total. The number of halogens is 2. The molecule has 4 heteroatoms. The first-order chi connectivity index (χ1) is 7.12. The fourth-order valence-electron chi connectivity index (χ4n) is 2.06. The van der Waals surface area contributed by atoms with E-state index in [-0.39, 0.29) is 11.3 Å². The second-order valence-corrected chi connectivity index (χ2v) is 4.15. The van der Waals surface area contributed by atoms with Crippen molar-refractivity contribution in [2.45, 2.75) is 24.9 Å². The molecule has 1 aliphatic heterocycles. The van der Waals surface area contributed by atoms with Gasteiger partial charge >= 0.3 is 0 Å². The maximum absolute atomic E-state index is 13.9. The molecular weight excluding hydrogens is 202 g/mol. The fraction of sp³-hybridized carbons (Fsp3) is 0.455. The lowest BCUT2D eigenvalue weighted by atomic mass is 10.0. The molecule has 1 heterocycles. The highest BCUT2D eigenvalue weighted by Crippen LogP contribution is 2.49. The minimum absolute atomic E-state index is 0.174.